The van der Waals surface area contributed by atoms with Crippen LogP contribution in [0.2, 0.25) is 0 Å². The van der Waals surface area contributed by atoms with Gasteiger partial charge in [0.25, 0.3) is 5.69 Å². The summed E-state index contributed by atoms with van der Waals surface area (Å²) in [6, 6.07) is 4.03. The van der Waals surface area contributed by atoms with E-state index in [1.54, 1.807) is 20.8 Å². The number of amides is 1. The van der Waals surface area contributed by atoms with Crippen LogP contribution in [0, 0.1) is 17.0 Å². The fourth-order valence-electron chi connectivity index (χ4n) is 1.98. The number of carbonyl (C=O) groups is 1. The molecule has 0 heterocycles. The summed E-state index contributed by atoms with van der Waals surface area (Å²) in [5.41, 5.74) is -0.887. The molecule has 140 valence electrons. The van der Waals surface area contributed by atoms with Crippen molar-refractivity contribution in [2.24, 2.45) is 0 Å². The van der Waals surface area contributed by atoms with Crippen molar-refractivity contribution in [2.75, 3.05) is 20.1 Å². The number of ether oxygens (including phenoxy) is 1. The molecule has 0 saturated carbocycles. The van der Waals surface area contributed by atoms with Gasteiger partial charge in [0.15, 0.2) is 4.90 Å². The molecule has 0 aromatic heterocycles. The van der Waals surface area contributed by atoms with Gasteiger partial charge in [-0.05, 0) is 33.3 Å². The zero-order valence-corrected chi connectivity index (χ0v) is 15.7. The molecule has 1 aromatic carbocycles. The zero-order chi connectivity index (χ0) is 19.4. The first kappa shape index (κ1) is 20.8. The van der Waals surface area contributed by atoms with Crippen molar-refractivity contribution in [1.29, 1.82) is 0 Å². The lowest BCUT2D eigenvalue weighted by Gasteiger charge is -2.24. The second kappa shape index (κ2) is 7.79. The van der Waals surface area contributed by atoms with Crippen LogP contribution in [0.5, 0.6) is 0 Å². The molecule has 25 heavy (non-hydrogen) atoms. The number of hydrogen-bond donors (Lipinski definition) is 1. The summed E-state index contributed by atoms with van der Waals surface area (Å²) < 4.78 is 32.3. The first-order valence-corrected chi connectivity index (χ1v) is 9.01. The molecular formula is C15H23N3O6S. The van der Waals surface area contributed by atoms with Gasteiger partial charge in [-0.1, -0.05) is 12.1 Å². The quantitative estimate of drug-likeness (QED) is 0.602. The highest BCUT2D eigenvalue weighted by Crippen LogP contribution is 2.26. The number of carbonyl (C=O) groups excluding carboxylic acids is 1. The van der Waals surface area contributed by atoms with Crippen LogP contribution in [0.25, 0.3) is 0 Å². The number of nitro benzene ring substituents is 1. The van der Waals surface area contributed by atoms with Gasteiger partial charge in [-0.15, -0.1) is 0 Å². The minimum absolute atomic E-state index is 0.0494. The predicted octanol–water partition coefficient (Wildman–Crippen LogP) is 2.05. The van der Waals surface area contributed by atoms with Crippen molar-refractivity contribution < 1.29 is 22.9 Å². The number of nitrogens with one attached hydrogen (secondary N) is 1. The number of likely N-dealkylation sites (N-methyl/N-ethyl adjacent to an activating group) is 1. The second-order valence-corrected chi connectivity index (χ2v) is 8.18. The molecule has 0 spiro atoms. The standard InChI is InChI=1S/C15H23N3O6S/c1-11-7-6-8-12(18(20)21)13(11)25(22,23)16-9-10-17(5)14(19)24-15(2,3)4/h6-8,16H,9-10H2,1-5H3. The Hall–Kier alpha value is -2.20. The number of rotatable bonds is 6. The monoisotopic (exact) mass is 373 g/mol. The molecule has 1 N–H and O–H groups in total. The van der Waals surface area contributed by atoms with Crippen LogP contribution in [0.4, 0.5) is 10.5 Å². The highest BCUT2D eigenvalue weighted by molar-refractivity contribution is 7.89. The van der Waals surface area contributed by atoms with E-state index in [4.69, 9.17) is 4.74 Å². The Morgan fingerprint density at radius 1 is 1.36 bits per heavy atom. The molecule has 0 aliphatic heterocycles. The van der Waals surface area contributed by atoms with E-state index in [1.165, 1.54) is 31.0 Å². The Labute approximate surface area is 147 Å². The van der Waals surface area contributed by atoms with Crippen LogP contribution in [-0.4, -0.2) is 50.1 Å². The average Bonchev–Trinajstić information content (AvgIpc) is 2.44. The van der Waals surface area contributed by atoms with Crippen LogP contribution in [0.15, 0.2) is 23.1 Å². The summed E-state index contributed by atoms with van der Waals surface area (Å²) in [6.07, 6.45) is -0.589. The maximum Gasteiger partial charge on any atom is 0.410 e. The molecule has 1 amide bonds. The van der Waals surface area contributed by atoms with Crippen LogP contribution in [0.3, 0.4) is 0 Å². The van der Waals surface area contributed by atoms with E-state index in [1.807, 2.05) is 0 Å². The number of nitro groups is 1. The Morgan fingerprint density at radius 2 is 1.96 bits per heavy atom. The zero-order valence-electron chi connectivity index (χ0n) is 14.9. The third-order valence-corrected chi connectivity index (χ3v) is 4.75. The molecule has 0 aliphatic carbocycles. The van der Waals surface area contributed by atoms with E-state index >= 15 is 0 Å². The number of aryl methyl sites for hydroxylation is 1. The van der Waals surface area contributed by atoms with Gasteiger partial charge in [0.2, 0.25) is 10.0 Å². The fourth-order valence-corrected chi connectivity index (χ4v) is 3.40. The molecule has 1 rings (SSSR count). The van der Waals surface area contributed by atoms with Gasteiger partial charge in [0.05, 0.1) is 4.92 Å². The fraction of sp³-hybridized carbons (Fsp3) is 0.533. The molecule has 1 aromatic rings. The van der Waals surface area contributed by atoms with Gasteiger partial charge in [-0.2, -0.15) is 0 Å². The van der Waals surface area contributed by atoms with Gasteiger partial charge >= 0.3 is 6.09 Å². The van der Waals surface area contributed by atoms with Crippen LogP contribution in [-0.2, 0) is 14.8 Å². The van der Waals surface area contributed by atoms with Crippen LogP contribution >= 0.6 is 0 Å². The summed E-state index contributed by atoms with van der Waals surface area (Å²) in [6.45, 7) is 6.59. The van der Waals surface area contributed by atoms with Gasteiger partial charge in [-0.3, -0.25) is 10.1 Å². The van der Waals surface area contributed by atoms with Gasteiger partial charge in [0, 0.05) is 26.2 Å². The predicted molar refractivity (Wildman–Crippen MR) is 91.9 cm³/mol. The highest BCUT2D eigenvalue weighted by Gasteiger charge is 2.27. The first-order chi connectivity index (χ1) is 11.3. The molecule has 0 atom stereocenters. The smallest absolute Gasteiger partial charge is 0.410 e. The lowest BCUT2D eigenvalue weighted by Crippen LogP contribution is -2.39. The summed E-state index contributed by atoms with van der Waals surface area (Å²) >= 11 is 0. The SMILES string of the molecule is Cc1cccc([N+](=O)[O-])c1S(=O)(=O)NCCN(C)C(=O)OC(C)(C)C. The number of benzene rings is 1. The molecule has 9 nitrogen and oxygen atoms in total. The van der Waals surface area contributed by atoms with E-state index in [0.717, 1.165) is 6.07 Å². The van der Waals surface area contributed by atoms with E-state index < -0.39 is 32.3 Å². The average molecular weight is 373 g/mol. The minimum Gasteiger partial charge on any atom is -0.444 e. The molecule has 0 fully saturated rings. The van der Waals surface area contributed by atoms with Gasteiger partial charge in [-0.25, -0.2) is 17.9 Å². The molecule has 0 saturated heterocycles. The lowest BCUT2D eigenvalue weighted by molar-refractivity contribution is -0.387. The van der Waals surface area contributed by atoms with Crippen molar-refractivity contribution in [3.8, 4) is 0 Å². The minimum atomic E-state index is -4.09. The Balaban J connectivity index is 2.81. The van der Waals surface area contributed by atoms with Crippen molar-refractivity contribution in [2.45, 2.75) is 38.2 Å². The molecule has 0 aliphatic rings. The van der Waals surface area contributed by atoms with Gasteiger partial charge < -0.3 is 9.64 Å². The summed E-state index contributed by atoms with van der Waals surface area (Å²) in [5, 5.41) is 11.1. The topological polar surface area (TPSA) is 119 Å². The summed E-state index contributed by atoms with van der Waals surface area (Å²) in [7, 11) is -2.62. The largest absolute Gasteiger partial charge is 0.444 e. The van der Waals surface area contributed by atoms with Crippen molar-refractivity contribution in [3.05, 3.63) is 33.9 Å². The molecule has 0 unspecified atom stereocenters. The third-order valence-electron chi connectivity index (χ3n) is 3.10. The molecular weight excluding hydrogens is 350 g/mol. The van der Waals surface area contributed by atoms with Crippen molar-refractivity contribution >= 4 is 21.8 Å². The Bertz CT molecular complexity index is 755. The van der Waals surface area contributed by atoms with Gasteiger partial charge in [0.1, 0.15) is 5.60 Å². The number of nitrogens with zero attached hydrogens (tertiary/aromatic N) is 2. The Kier molecular flexibility index (Phi) is 6.49. The number of sulfonamides is 1. The third kappa shape index (κ3) is 5.98. The van der Waals surface area contributed by atoms with Crippen LogP contribution in [0.1, 0.15) is 26.3 Å². The summed E-state index contributed by atoms with van der Waals surface area (Å²) in [4.78, 5) is 23.0. The molecule has 10 heteroatoms. The van der Waals surface area contributed by atoms with E-state index in [2.05, 4.69) is 4.72 Å². The van der Waals surface area contributed by atoms with E-state index in [0.29, 0.717) is 0 Å². The van der Waals surface area contributed by atoms with Crippen LogP contribution < -0.4 is 4.72 Å². The maximum atomic E-state index is 12.4. The van der Waals surface area contributed by atoms with Crippen molar-refractivity contribution in [3.63, 3.8) is 0 Å². The summed E-state index contributed by atoms with van der Waals surface area (Å²) in [5.74, 6) is 0. The van der Waals surface area contributed by atoms with E-state index in [9.17, 15) is 23.3 Å². The lowest BCUT2D eigenvalue weighted by atomic mass is 10.2. The van der Waals surface area contributed by atoms with Crippen molar-refractivity contribution in [1.82, 2.24) is 9.62 Å². The normalized spacial score (nSPS) is 11.9. The molecule has 0 bridgehead atoms. The Morgan fingerprint density at radius 3 is 2.48 bits per heavy atom. The van der Waals surface area contributed by atoms with E-state index in [-0.39, 0.29) is 23.5 Å². The highest BCUT2D eigenvalue weighted by atomic mass is 32.2. The number of hydrogen-bond acceptors (Lipinski definition) is 6. The second-order valence-electron chi connectivity index (χ2n) is 6.48. The maximum absolute atomic E-state index is 12.4. The molecule has 0 radical (unpaired) electrons. The first-order valence-electron chi connectivity index (χ1n) is 7.53.